The molecule has 0 radical (unpaired) electrons. The molecule has 0 bridgehead atoms. The Morgan fingerprint density at radius 1 is 1.00 bits per heavy atom. The zero-order valence-corrected chi connectivity index (χ0v) is 17.6. The molecule has 4 rings (SSSR count). The highest BCUT2D eigenvalue weighted by Gasteiger charge is 2.16. The monoisotopic (exact) mass is 418 g/mol. The van der Waals surface area contributed by atoms with Gasteiger partial charge >= 0.3 is 11.6 Å². The van der Waals surface area contributed by atoms with E-state index in [4.69, 9.17) is 13.6 Å². The molecule has 2 aromatic heterocycles. The van der Waals surface area contributed by atoms with E-state index in [-0.39, 0.29) is 18.0 Å². The van der Waals surface area contributed by atoms with Gasteiger partial charge in [-0.3, -0.25) is 0 Å². The largest absolute Gasteiger partial charge is 0.489 e. The number of hydrogen-bond acceptors (Lipinski definition) is 6. The van der Waals surface area contributed by atoms with E-state index in [9.17, 15) is 9.59 Å². The van der Waals surface area contributed by atoms with Gasteiger partial charge in [-0.2, -0.15) is 0 Å². The predicted octanol–water partition coefficient (Wildman–Crippen LogP) is 4.96. The smallest absolute Gasteiger partial charge is 0.373 e. The van der Waals surface area contributed by atoms with Crippen LogP contribution in [0.25, 0.3) is 11.0 Å². The molecule has 4 aromatic rings. The lowest BCUT2D eigenvalue weighted by Crippen LogP contribution is -2.11. The van der Waals surface area contributed by atoms with Crippen LogP contribution < -0.4 is 10.4 Å². The number of fused-ring (bicyclic) bond motifs is 1. The van der Waals surface area contributed by atoms with E-state index in [1.165, 1.54) is 7.11 Å². The zero-order chi connectivity index (χ0) is 22.0. The van der Waals surface area contributed by atoms with Crippen molar-refractivity contribution in [2.24, 2.45) is 0 Å². The molecule has 0 fully saturated rings. The molecule has 0 unspecified atom stereocenters. The van der Waals surface area contributed by atoms with Crippen molar-refractivity contribution in [3.05, 3.63) is 98.8 Å². The molecule has 2 heterocycles. The number of benzene rings is 2. The van der Waals surface area contributed by atoms with E-state index in [1.807, 2.05) is 49.4 Å². The lowest BCUT2D eigenvalue weighted by Gasteiger charge is -2.10. The summed E-state index contributed by atoms with van der Waals surface area (Å²) in [7, 11) is 1.30. The van der Waals surface area contributed by atoms with Crippen LogP contribution in [-0.4, -0.2) is 13.1 Å². The Labute approximate surface area is 179 Å². The first-order chi connectivity index (χ1) is 15.0. The summed E-state index contributed by atoms with van der Waals surface area (Å²) in [5.74, 6) is 0.716. The topological polar surface area (TPSA) is 78.9 Å². The highest BCUT2D eigenvalue weighted by Crippen LogP contribution is 2.26. The van der Waals surface area contributed by atoms with E-state index in [2.05, 4.69) is 4.74 Å². The van der Waals surface area contributed by atoms with E-state index in [0.29, 0.717) is 29.1 Å². The Balaban J connectivity index is 1.57. The zero-order valence-electron chi connectivity index (χ0n) is 17.6. The van der Waals surface area contributed by atoms with Crippen LogP contribution in [0, 0.1) is 13.8 Å². The lowest BCUT2D eigenvalue weighted by atomic mass is 10.00. The first-order valence-corrected chi connectivity index (χ1v) is 9.87. The van der Waals surface area contributed by atoms with Crippen LogP contribution in [0.2, 0.25) is 0 Å². The van der Waals surface area contributed by atoms with Gasteiger partial charge in [0, 0.05) is 29.0 Å². The molecule has 0 spiro atoms. The number of esters is 1. The molecule has 0 N–H and O–H groups in total. The van der Waals surface area contributed by atoms with Gasteiger partial charge in [-0.25, -0.2) is 9.59 Å². The van der Waals surface area contributed by atoms with Gasteiger partial charge in [0.2, 0.25) is 5.76 Å². The predicted molar refractivity (Wildman–Crippen MR) is 116 cm³/mol. The molecular formula is C25H22O6. The number of rotatable bonds is 6. The molecular weight excluding hydrogens is 396 g/mol. The molecule has 0 atom stereocenters. The second-order valence-electron chi connectivity index (χ2n) is 7.29. The van der Waals surface area contributed by atoms with Crippen LogP contribution in [0.3, 0.4) is 0 Å². The van der Waals surface area contributed by atoms with Gasteiger partial charge in [0.1, 0.15) is 23.7 Å². The molecule has 6 heteroatoms. The summed E-state index contributed by atoms with van der Waals surface area (Å²) in [6.45, 7) is 3.89. The molecule has 158 valence electrons. The van der Waals surface area contributed by atoms with E-state index >= 15 is 0 Å². The minimum Gasteiger partial charge on any atom is -0.489 e. The van der Waals surface area contributed by atoms with Crippen molar-refractivity contribution in [2.75, 3.05) is 7.11 Å². The maximum absolute atomic E-state index is 12.6. The number of methoxy groups -OCH3 is 1. The highest BCUT2D eigenvalue weighted by molar-refractivity contribution is 5.86. The number of ether oxygens (including phenoxy) is 2. The minimum absolute atomic E-state index is 0.129. The van der Waals surface area contributed by atoms with Crippen LogP contribution in [-0.2, 0) is 17.8 Å². The van der Waals surface area contributed by atoms with E-state index in [0.717, 1.165) is 22.1 Å². The Bertz CT molecular complexity index is 1300. The lowest BCUT2D eigenvalue weighted by molar-refractivity contribution is 0.0563. The van der Waals surface area contributed by atoms with Gasteiger partial charge in [0.05, 0.1) is 7.11 Å². The summed E-state index contributed by atoms with van der Waals surface area (Å²) >= 11 is 0. The average molecular weight is 418 g/mol. The summed E-state index contributed by atoms with van der Waals surface area (Å²) in [6.07, 6.45) is 0.519. The molecule has 0 saturated carbocycles. The Morgan fingerprint density at radius 3 is 2.52 bits per heavy atom. The van der Waals surface area contributed by atoms with Crippen molar-refractivity contribution in [3.8, 4) is 5.75 Å². The van der Waals surface area contributed by atoms with Crippen LogP contribution in [0.5, 0.6) is 5.75 Å². The van der Waals surface area contributed by atoms with Crippen molar-refractivity contribution < 1.29 is 23.1 Å². The van der Waals surface area contributed by atoms with Crippen molar-refractivity contribution in [3.63, 3.8) is 0 Å². The summed E-state index contributed by atoms with van der Waals surface area (Å²) < 4.78 is 21.5. The van der Waals surface area contributed by atoms with Crippen molar-refractivity contribution in [1.29, 1.82) is 0 Å². The normalized spacial score (nSPS) is 10.9. The molecule has 0 aliphatic carbocycles. The van der Waals surface area contributed by atoms with Crippen molar-refractivity contribution >= 4 is 16.9 Å². The third-order valence-electron chi connectivity index (χ3n) is 5.28. The fraction of sp³-hybridized carbons (Fsp3) is 0.200. The molecule has 6 nitrogen and oxygen atoms in total. The minimum atomic E-state index is -0.538. The van der Waals surface area contributed by atoms with Gasteiger partial charge in [-0.05, 0) is 43.2 Å². The maximum Gasteiger partial charge on any atom is 0.373 e. The fourth-order valence-corrected chi connectivity index (χ4v) is 3.49. The number of carbonyl (C=O) groups excluding carboxylic acids is 1. The molecule has 0 amide bonds. The third kappa shape index (κ3) is 4.23. The van der Waals surface area contributed by atoms with Gasteiger partial charge in [-0.1, -0.05) is 30.3 Å². The van der Waals surface area contributed by atoms with Crippen molar-refractivity contribution in [2.45, 2.75) is 26.9 Å². The van der Waals surface area contributed by atoms with Crippen LogP contribution in [0.4, 0.5) is 0 Å². The first-order valence-electron chi connectivity index (χ1n) is 9.87. The molecule has 2 aromatic carbocycles. The van der Waals surface area contributed by atoms with E-state index in [1.54, 1.807) is 19.1 Å². The quantitative estimate of drug-likeness (QED) is 0.325. The summed E-state index contributed by atoms with van der Waals surface area (Å²) in [6, 6.07) is 16.8. The number of furan rings is 1. The SMILES string of the molecule is COC(=O)c1cc(COc2ccc3c(C)c(Cc4ccccc4)c(=O)oc3c2)c(C)o1. The van der Waals surface area contributed by atoms with Gasteiger partial charge in [0.25, 0.3) is 0 Å². The van der Waals surface area contributed by atoms with Crippen molar-refractivity contribution in [1.82, 2.24) is 0 Å². The summed E-state index contributed by atoms with van der Waals surface area (Å²) in [5, 5.41) is 0.866. The molecule has 0 aliphatic rings. The fourth-order valence-electron chi connectivity index (χ4n) is 3.49. The van der Waals surface area contributed by atoms with Gasteiger partial charge in [0.15, 0.2) is 0 Å². The average Bonchev–Trinajstić information content (AvgIpc) is 3.15. The summed E-state index contributed by atoms with van der Waals surface area (Å²) in [5.41, 5.74) is 3.46. The Morgan fingerprint density at radius 2 is 1.77 bits per heavy atom. The van der Waals surface area contributed by atoms with Crippen LogP contribution in [0.15, 0.2) is 68.2 Å². The number of carbonyl (C=O) groups is 1. The third-order valence-corrected chi connectivity index (χ3v) is 5.28. The Kier molecular flexibility index (Phi) is 5.62. The van der Waals surface area contributed by atoms with Crippen LogP contribution >= 0.6 is 0 Å². The maximum atomic E-state index is 12.6. The highest BCUT2D eigenvalue weighted by atomic mass is 16.5. The molecule has 0 aliphatic heterocycles. The number of aryl methyl sites for hydroxylation is 2. The van der Waals surface area contributed by atoms with E-state index < -0.39 is 5.97 Å². The first kappa shape index (κ1) is 20.5. The Hall–Kier alpha value is -3.80. The summed E-state index contributed by atoms with van der Waals surface area (Å²) in [4.78, 5) is 24.2. The van der Waals surface area contributed by atoms with Crippen LogP contribution in [0.1, 0.15) is 38.6 Å². The second kappa shape index (κ2) is 8.52. The van der Waals surface area contributed by atoms with Gasteiger partial charge in [-0.15, -0.1) is 0 Å². The molecule has 0 saturated heterocycles. The number of hydrogen-bond donors (Lipinski definition) is 0. The molecule has 31 heavy (non-hydrogen) atoms. The second-order valence-corrected chi connectivity index (χ2v) is 7.29. The standard InChI is InChI=1S/C25H22O6/c1-15-20-10-9-19(29-14-18-12-23(25(27)28-3)30-16(18)2)13-22(20)31-24(26)21(15)11-17-7-5-4-6-8-17/h4-10,12-13H,11,14H2,1-3H3. The van der Waals surface area contributed by atoms with Gasteiger partial charge < -0.3 is 18.3 Å².